The van der Waals surface area contributed by atoms with E-state index in [0.29, 0.717) is 25.9 Å². The van der Waals surface area contributed by atoms with E-state index in [-0.39, 0.29) is 95.0 Å². The summed E-state index contributed by atoms with van der Waals surface area (Å²) in [7, 11) is 0. The number of aliphatic carboxylic acids is 4. The molecule has 0 amide bonds. The van der Waals surface area contributed by atoms with Gasteiger partial charge >= 0.3 is 66.0 Å². The fraction of sp³-hybridized carbons (Fsp3) is 0.625. The van der Waals surface area contributed by atoms with E-state index in [2.05, 4.69) is 0 Å². The molecule has 1 saturated carbocycles. The maximum Gasteiger partial charge on any atom is 2.00 e. The van der Waals surface area contributed by atoms with Gasteiger partial charge in [-0.1, -0.05) is 0 Å². The zero-order valence-electron chi connectivity index (χ0n) is 15.8. The Kier molecular flexibility index (Phi) is 21.1. The third-order valence-corrected chi connectivity index (χ3v) is 3.80. The Morgan fingerprint density at radius 2 is 0.821 bits per heavy atom. The van der Waals surface area contributed by atoms with Gasteiger partial charge in [-0.25, -0.2) is 0 Å². The van der Waals surface area contributed by atoms with E-state index in [4.69, 9.17) is 20.4 Å². The van der Waals surface area contributed by atoms with Crippen LogP contribution in [0.5, 0.6) is 0 Å². The normalized spacial score (nSPS) is 17.1. The smallest absolute Gasteiger partial charge is 0.480 e. The summed E-state index contributed by atoms with van der Waals surface area (Å²) in [5.74, 6) is -4.12. The van der Waals surface area contributed by atoms with Crippen LogP contribution in [0.25, 0.3) is 0 Å². The van der Waals surface area contributed by atoms with Gasteiger partial charge in [0, 0.05) is 13.1 Å². The van der Waals surface area contributed by atoms with Crippen molar-refractivity contribution in [2.45, 2.75) is 12.8 Å². The number of rotatable bonds is 12. The van der Waals surface area contributed by atoms with Gasteiger partial charge in [0.25, 0.3) is 0 Å². The zero-order valence-corrected chi connectivity index (χ0v) is 20.3. The summed E-state index contributed by atoms with van der Waals surface area (Å²) in [6, 6.07) is 0. The second kappa shape index (κ2) is 17.1. The Bertz CT molecular complexity index is 427. The van der Waals surface area contributed by atoms with Gasteiger partial charge in [0.05, 0.1) is 26.2 Å². The first-order valence-corrected chi connectivity index (χ1v) is 7.47. The minimum Gasteiger partial charge on any atom is -0.480 e. The van der Waals surface area contributed by atoms with E-state index in [1.165, 1.54) is 9.80 Å². The Hall–Kier alpha value is -0.823. The van der Waals surface area contributed by atoms with Gasteiger partial charge in [-0.2, -0.15) is 0 Å². The molecule has 0 saturated heterocycles. The first-order chi connectivity index (χ1) is 11.2. The molecule has 1 aliphatic rings. The van der Waals surface area contributed by atoms with Gasteiger partial charge in [-0.05, 0) is 24.7 Å². The van der Waals surface area contributed by atoms with Crippen molar-refractivity contribution in [1.29, 1.82) is 0 Å². The molecule has 0 spiro atoms. The average Bonchev–Trinajstić information content (AvgIpc) is 2.32. The molecule has 1 fully saturated rings. The predicted molar refractivity (Wildman–Crippen MR) is 92.5 cm³/mol. The van der Waals surface area contributed by atoms with Crippen molar-refractivity contribution in [3.63, 3.8) is 0 Å². The van der Waals surface area contributed by atoms with E-state index < -0.39 is 23.9 Å². The fourth-order valence-corrected chi connectivity index (χ4v) is 3.04. The topological polar surface area (TPSA) is 156 Å². The van der Waals surface area contributed by atoms with E-state index >= 15 is 0 Å². The Labute approximate surface area is 193 Å². The Morgan fingerprint density at radius 3 is 1.00 bits per heavy atom. The van der Waals surface area contributed by atoms with Gasteiger partial charge < -0.3 is 35.3 Å². The molecular formula is C16H28N2O8Pt2+2. The van der Waals surface area contributed by atoms with E-state index in [1.54, 1.807) is 0 Å². The first-order valence-electron chi connectivity index (χ1n) is 7.47. The molecule has 10 nitrogen and oxygen atoms in total. The first kappa shape index (κ1) is 34.7. The van der Waals surface area contributed by atoms with Gasteiger partial charge in [-0.3, -0.25) is 29.0 Å². The van der Waals surface area contributed by atoms with Crippen LogP contribution >= 0.6 is 0 Å². The molecule has 0 aromatic heterocycles. The van der Waals surface area contributed by atoms with Crippen LogP contribution in [0.15, 0.2) is 0 Å². The maximum atomic E-state index is 10.7. The van der Waals surface area contributed by atoms with Crippen molar-refractivity contribution in [3.8, 4) is 0 Å². The van der Waals surface area contributed by atoms with Gasteiger partial charge in [0.2, 0.25) is 0 Å². The second-order valence-corrected chi connectivity index (χ2v) is 6.12. The van der Waals surface area contributed by atoms with Crippen molar-refractivity contribution in [1.82, 2.24) is 9.80 Å². The van der Waals surface area contributed by atoms with Crippen molar-refractivity contribution in [2.24, 2.45) is 11.8 Å². The molecule has 0 atom stereocenters. The van der Waals surface area contributed by atoms with Crippen LogP contribution in [0.3, 0.4) is 0 Å². The molecule has 12 heteroatoms. The zero-order chi connectivity index (χ0) is 18.3. The van der Waals surface area contributed by atoms with Crippen LogP contribution in [-0.4, -0.2) is 93.4 Å². The molecule has 0 aliphatic heterocycles. The molecule has 28 heavy (non-hydrogen) atoms. The molecular weight excluding hydrogens is 738 g/mol. The summed E-state index contributed by atoms with van der Waals surface area (Å²) >= 11 is 0. The van der Waals surface area contributed by atoms with Crippen LogP contribution in [0, 0.1) is 26.7 Å². The van der Waals surface area contributed by atoms with E-state index in [1.807, 2.05) is 0 Å². The Morgan fingerprint density at radius 1 is 0.607 bits per heavy atom. The summed E-state index contributed by atoms with van der Waals surface area (Å²) in [6.45, 7) is -0.718. The van der Waals surface area contributed by atoms with Crippen molar-refractivity contribution in [3.05, 3.63) is 14.9 Å². The van der Waals surface area contributed by atoms with E-state index in [0.717, 1.165) is 0 Å². The van der Waals surface area contributed by atoms with Crippen LogP contribution in [0.2, 0.25) is 0 Å². The number of nitrogens with zero attached hydrogens (tertiary/aromatic N) is 2. The van der Waals surface area contributed by atoms with Crippen molar-refractivity contribution >= 4 is 23.9 Å². The van der Waals surface area contributed by atoms with Crippen LogP contribution < -0.4 is 0 Å². The second-order valence-electron chi connectivity index (χ2n) is 6.12. The molecule has 168 valence electrons. The number of carboxylic acids is 4. The fourth-order valence-electron chi connectivity index (χ4n) is 3.04. The monoisotopic (exact) mass is 766 g/mol. The molecule has 1 rings (SSSR count). The summed E-state index contributed by atoms with van der Waals surface area (Å²) < 4.78 is 0. The van der Waals surface area contributed by atoms with Gasteiger partial charge in [0.15, 0.2) is 0 Å². The number of carboxylic acid groups (broad SMARTS) is 4. The maximum absolute atomic E-state index is 10.7. The van der Waals surface area contributed by atoms with Crippen molar-refractivity contribution < 1.29 is 81.7 Å². The predicted octanol–water partition coefficient (Wildman–Crippen LogP) is -0.149. The van der Waals surface area contributed by atoms with E-state index in [9.17, 15) is 19.2 Å². The standard InChI is InChI=1S/C14H22N2O8.2CH3.2Pt/c17-11(18)5-15(6-12(19)20)3-9-1-10(2-9)4-16(7-13(21)22)8-14(23)24;;;;/h9-10H,1-8H2,(H,17,18)(H,19,20)(H,21,22)(H,23,24);2*1H3;;/q;2*-1;2*+2. The average molecular weight is 767 g/mol. The number of carbonyl (C=O) groups is 4. The third-order valence-electron chi connectivity index (χ3n) is 3.80. The largest absolute Gasteiger partial charge is 2.00 e. The molecule has 4 N–H and O–H groups in total. The SMILES string of the molecule is O=C(O)CN(CC(=O)O)CC1CC(CN(CC(=O)O)CC(=O)O)C1.[CH3-].[CH3-].[Pt+2].[Pt+2]. The summed E-state index contributed by atoms with van der Waals surface area (Å²) in [6.07, 6.45) is 1.37. The molecule has 1 aliphatic carbocycles. The van der Waals surface area contributed by atoms with Gasteiger partial charge in [0.1, 0.15) is 0 Å². The number of hydrogen-bond acceptors (Lipinski definition) is 6. The minimum atomic E-state index is -1.10. The summed E-state index contributed by atoms with van der Waals surface area (Å²) in [5, 5.41) is 35.1. The summed E-state index contributed by atoms with van der Waals surface area (Å²) in [4.78, 5) is 45.7. The quantitative estimate of drug-likeness (QED) is 0.197. The molecule has 0 bridgehead atoms. The van der Waals surface area contributed by atoms with Crippen LogP contribution in [0.1, 0.15) is 12.8 Å². The molecule has 0 aromatic carbocycles. The Balaban J connectivity index is -0.000000720. The molecule has 0 unspecified atom stereocenters. The molecule has 0 heterocycles. The summed E-state index contributed by atoms with van der Waals surface area (Å²) in [5.41, 5.74) is 0. The molecule has 0 aromatic rings. The minimum absolute atomic E-state index is 0. The van der Waals surface area contributed by atoms with Crippen LogP contribution in [-0.2, 0) is 61.3 Å². The third kappa shape index (κ3) is 15.1. The van der Waals surface area contributed by atoms with Gasteiger partial charge in [-0.15, -0.1) is 0 Å². The van der Waals surface area contributed by atoms with Crippen molar-refractivity contribution in [2.75, 3.05) is 39.3 Å². The number of hydrogen-bond donors (Lipinski definition) is 4. The van der Waals surface area contributed by atoms with Crippen LogP contribution in [0.4, 0.5) is 0 Å². The molecule has 0 radical (unpaired) electrons.